The second-order valence-electron chi connectivity index (χ2n) is 5.32. The standard InChI is InChI=1S/C15H20N2O4/c1-20-12-4-2-3-11(7-12)5-6-14(19)17-15(8-13(16)18)9-21-10-15/h2-4,7H,5-6,8-10H2,1H3,(H2,16,18)(H,17,19). The summed E-state index contributed by atoms with van der Waals surface area (Å²) in [6, 6.07) is 7.60. The molecule has 0 radical (unpaired) electrons. The summed E-state index contributed by atoms with van der Waals surface area (Å²) >= 11 is 0. The number of rotatable bonds is 7. The zero-order valence-electron chi connectivity index (χ0n) is 12.1. The van der Waals surface area contributed by atoms with Gasteiger partial charge >= 0.3 is 0 Å². The van der Waals surface area contributed by atoms with Crippen LogP contribution in [0.25, 0.3) is 0 Å². The van der Waals surface area contributed by atoms with Gasteiger partial charge in [0.15, 0.2) is 0 Å². The van der Waals surface area contributed by atoms with Crippen LogP contribution in [0.1, 0.15) is 18.4 Å². The van der Waals surface area contributed by atoms with Crippen LogP contribution in [0.3, 0.4) is 0 Å². The highest BCUT2D eigenvalue weighted by Gasteiger charge is 2.41. The van der Waals surface area contributed by atoms with E-state index in [9.17, 15) is 9.59 Å². The molecule has 6 heteroatoms. The van der Waals surface area contributed by atoms with Crippen LogP contribution < -0.4 is 15.8 Å². The second-order valence-corrected chi connectivity index (χ2v) is 5.32. The summed E-state index contributed by atoms with van der Waals surface area (Å²) in [6.45, 7) is 0.668. The smallest absolute Gasteiger partial charge is 0.220 e. The van der Waals surface area contributed by atoms with Gasteiger partial charge in [0.1, 0.15) is 5.75 Å². The predicted molar refractivity (Wildman–Crippen MR) is 76.8 cm³/mol. The van der Waals surface area contributed by atoms with Crippen molar-refractivity contribution >= 4 is 11.8 Å². The van der Waals surface area contributed by atoms with Crippen molar-refractivity contribution in [3.8, 4) is 5.75 Å². The van der Waals surface area contributed by atoms with Gasteiger partial charge in [-0.05, 0) is 24.1 Å². The van der Waals surface area contributed by atoms with Crippen LogP contribution in [-0.4, -0.2) is 37.7 Å². The van der Waals surface area contributed by atoms with Gasteiger partial charge in [0.2, 0.25) is 11.8 Å². The molecule has 114 valence electrons. The zero-order valence-corrected chi connectivity index (χ0v) is 12.1. The van der Waals surface area contributed by atoms with Gasteiger partial charge in [0, 0.05) is 6.42 Å². The molecule has 2 rings (SSSR count). The Labute approximate surface area is 123 Å². The summed E-state index contributed by atoms with van der Waals surface area (Å²) in [5.41, 5.74) is 5.61. The van der Waals surface area contributed by atoms with E-state index in [1.54, 1.807) is 7.11 Å². The molecule has 2 amide bonds. The first-order valence-corrected chi connectivity index (χ1v) is 6.83. The predicted octanol–water partition coefficient (Wildman–Crippen LogP) is 0.388. The van der Waals surface area contributed by atoms with E-state index in [-0.39, 0.29) is 12.3 Å². The molecule has 0 saturated carbocycles. The fourth-order valence-electron chi connectivity index (χ4n) is 2.34. The largest absolute Gasteiger partial charge is 0.497 e. The lowest BCUT2D eigenvalue weighted by atomic mass is 9.92. The summed E-state index contributed by atoms with van der Waals surface area (Å²) in [7, 11) is 1.61. The molecular weight excluding hydrogens is 272 g/mol. The van der Waals surface area contributed by atoms with Crippen molar-refractivity contribution in [1.29, 1.82) is 0 Å². The minimum absolute atomic E-state index is 0.109. The van der Waals surface area contributed by atoms with E-state index >= 15 is 0 Å². The van der Waals surface area contributed by atoms with E-state index in [1.807, 2.05) is 24.3 Å². The van der Waals surface area contributed by atoms with Crippen LogP contribution in [-0.2, 0) is 20.7 Å². The van der Waals surface area contributed by atoms with Gasteiger partial charge in [-0.2, -0.15) is 0 Å². The molecule has 0 bridgehead atoms. The molecular formula is C15H20N2O4. The average molecular weight is 292 g/mol. The van der Waals surface area contributed by atoms with Gasteiger partial charge < -0.3 is 20.5 Å². The maximum Gasteiger partial charge on any atom is 0.220 e. The minimum Gasteiger partial charge on any atom is -0.497 e. The van der Waals surface area contributed by atoms with E-state index in [4.69, 9.17) is 15.2 Å². The van der Waals surface area contributed by atoms with Crippen LogP contribution in [0.5, 0.6) is 5.75 Å². The van der Waals surface area contributed by atoms with Crippen molar-refractivity contribution in [3.05, 3.63) is 29.8 Å². The third-order valence-corrected chi connectivity index (χ3v) is 3.45. The molecule has 1 aliphatic heterocycles. The summed E-state index contributed by atoms with van der Waals surface area (Å²) in [5.74, 6) is 0.222. The Bertz CT molecular complexity index is 526. The van der Waals surface area contributed by atoms with Gasteiger partial charge in [0.05, 0.1) is 32.3 Å². The third kappa shape index (κ3) is 4.19. The quantitative estimate of drug-likeness (QED) is 0.760. The first-order chi connectivity index (χ1) is 10.0. The van der Waals surface area contributed by atoms with Crippen molar-refractivity contribution in [1.82, 2.24) is 5.32 Å². The number of amides is 2. The van der Waals surface area contributed by atoms with Gasteiger partial charge in [-0.3, -0.25) is 9.59 Å². The van der Waals surface area contributed by atoms with Crippen molar-refractivity contribution < 1.29 is 19.1 Å². The molecule has 1 saturated heterocycles. The lowest BCUT2D eigenvalue weighted by Crippen LogP contribution is -2.63. The second kappa shape index (κ2) is 6.58. The maximum atomic E-state index is 12.0. The summed E-state index contributed by atoms with van der Waals surface area (Å²) in [6.07, 6.45) is 1.06. The molecule has 3 N–H and O–H groups in total. The van der Waals surface area contributed by atoms with Crippen molar-refractivity contribution in [3.63, 3.8) is 0 Å². The van der Waals surface area contributed by atoms with E-state index in [0.29, 0.717) is 26.1 Å². The number of primary amides is 1. The number of hydrogen-bond acceptors (Lipinski definition) is 4. The number of carbonyl (C=O) groups excluding carboxylic acids is 2. The first-order valence-electron chi connectivity index (χ1n) is 6.83. The van der Waals surface area contributed by atoms with E-state index in [2.05, 4.69) is 5.32 Å². The maximum absolute atomic E-state index is 12.0. The molecule has 6 nitrogen and oxygen atoms in total. The number of methoxy groups -OCH3 is 1. The van der Waals surface area contributed by atoms with Crippen molar-refractivity contribution in [2.24, 2.45) is 5.73 Å². The Balaban J connectivity index is 1.85. The number of hydrogen-bond donors (Lipinski definition) is 2. The van der Waals surface area contributed by atoms with Crippen molar-refractivity contribution in [2.45, 2.75) is 24.8 Å². The Hall–Kier alpha value is -2.08. The van der Waals surface area contributed by atoms with E-state index < -0.39 is 11.4 Å². The average Bonchev–Trinajstić information content (AvgIpc) is 2.42. The van der Waals surface area contributed by atoms with Crippen LogP contribution in [0.15, 0.2) is 24.3 Å². The molecule has 21 heavy (non-hydrogen) atoms. The fraction of sp³-hybridized carbons (Fsp3) is 0.467. The molecule has 0 unspecified atom stereocenters. The van der Waals surface area contributed by atoms with Crippen LogP contribution in [0.2, 0.25) is 0 Å². The van der Waals surface area contributed by atoms with Gasteiger partial charge in [0.25, 0.3) is 0 Å². The SMILES string of the molecule is COc1cccc(CCC(=O)NC2(CC(N)=O)COC2)c1. The lowest BCUT2D eigenvalue weighted by molar-refractivity contribution is -0.138. The van der Waals surface area contributed by atoms with Crippen molar-refractivity contribution in [2.75, 3.05) is 20.3 Å². The molecule has 1 heterocycles. The summed E-state index contributed by atoms with van der Waals surface area (Å²) < 4.78 is 10.2. The number of ether oxygens (including phenoxy) is 2. The topological polar surface area (TPSA) is 90.6 Å². The van der Waals surface area contributed by atoms with Crippen LogP contribution >= 0.6 is 0 Å². The number of benzene rings is 1. The lowest BCUT2D eigenvalue weighted by Gasteiger charge is -2.41. The Kier molecular flexibility index (Phi) is 4.80. The molecule has 1 aromatic rings. The molecule has 1 aliphatic rings. The molecule has 0 spiro atoms. The molecule has 0 aromatic heterocycles. The van der Waals surface area contributed by atoms with E-state index in [1.165, 1.54) is 0 Å². The Morgan fingerprint density at radius 2 is 2.19 bits per heavy atom. The summed E-state index contributed by atoms with van der Waals surface area (Å²) in [5, 5.41) is 2.86. The number of nitrogens with two attached hydrogens (primary N) is 1. The normalized spacial score (nSPS) is 15.9. The molecule has 1 fully saturated rings. The Morgan fingerprint density at radius 3 is 2.76 bits per heavy atom. The molecule has 0 atom stereocenters. The number of carbonyl (C=O) groups is 2. The highest BCUT2D eigenvalue weighted by atomic mass is 16.5. The molecule has 1 aromatic carbocycles. The summed E-state index contributed by atoms with van der Waals surface area (Å²) in [4.78, 5) is 23.1. The monoisotopic (exact) mass is 292 g/mol. The zero-order chi connectivity index (χ0) is 15.3. The Morgan fingerprint density at radius 1 is 1.43 bits per heavy atom. The minimum atomic E-state index is -0.614. The number of nitrogens with one attached hydrogen (secondary N) is 1. The first kappa shape index (κ1) is 15.3. The van der Waals surface area contributed by atoms with Gasteiger partial charge in [-0.15, -0.1) is 0 Å². The van der Waals surface area contributed by atoms with Gasteiger partial charge in [-0.1, -0.05) is 12.1 Å². The van der Waals surface area contributed by atoms with Gasteiger partial charge in [-0.25, -0.2) is 0 Å². The highest BCUT2D eigenvalue weighted by molar-refractivity contribution is 5.80. The van der Waals surface area contributed by atoms with Crippen LogP contribution in [0.4, 0.5) is 0 Å². The molecule has 0 aliphatic carbocycles. The number of aryl methyl sites for hydroxylation is 1. The fourth-order valence-corrected chi connectivity index (χ4v) is 2.34. The van der Waals surface area contributed by atoms with E-state index in [0.717, 1.165) is 11.3 Å². The third-order valence-electron chi connectivity index (χ3n) is 3.45. The van der Waals surface area contributed by atoms with Crippen LogP contribution in [0, 0.1) is 0 Å². The highest BCUT2D eigenvalue weighted by Crippen LogP contribution is 2.21.